The molecular formula is C14H18ClNO2S. The summed E-state index contributed by atoms with van der Waals surface area (Å²) < 4.78 is 0. The van der Waals surface area contributed by atoms with E-state index in [-0.39, 0.29) is 17.9 Å². The minimum absolute atomic E-state index is 0.119. The number of hydrogen-bond donors (Lipinski definition) is 3. The molecule has 1 fully saturated rings. The van der Waals surface area contributed by atoms with Gasteiger partial charge in [0.15, 0.2) is 0 Å². The molecule has 1 aliphatic rings. The van der Waals surface area contributed by atoms with Crippen LogP contribution in [0.25, 0.3) is 0 Å². The fourth-order valence-electron chi connectivity index (χ4n) is 2.57. The van der Waals surface area contributed by atoms with Gasteiger partial charge in [-0.2, -0.15) is 0 Å². The Hall–Kier alpha value is -0.710. The van der Waals surface area contributed by atoms with Crippen LogP contribution in [0.15, 0.2) is 23.1 Å². The number of benzene rings is 1. The van der Waals surface area contributed by atoms with E-state index < -0.39 is 0 Å². The predicted molar refractivity (Wildman–Crippen MR) is 79.0 cm³/mol. The minimum Gasteiger partial charge on any atom is -0.396 e. The van der Waals surface area contributed by atoms with Gasteiger partial charge in [-0.3, -0.25) is 4.79 Å². The van der Waals surface area contributed by atoms with E-state index in [0.29, 0.717) is 22.0 Å². The van der Waals surface area contributed by atoms with Crippen molar-refractivity contribution in [3.8, 4) is 0 Å². The average molecular weight is 300 g/mol. The van der Waals surface area contributed by atoms with E-state index in [1.54, 1.807) is 18.2 Å². The fraction of sp³-hybridized carbons (Fsp3) is 0.500. The number of rotatable bonds is 4. The van der Waals surface area contributed by atoms with E-state index in [9.17, 15) is 9.90 Å². The summed E-state index contributed by atoms with van der Waals surface area (Å²) in [6.07, 6.45) is 4.15. The van der Waals surface area contributed by atoms with Crippen molar-refractivity contribution in [3.63, 3.8) is 0 Å². The molecule has 1 aliphatic carbocycles. The zero-order chi connectivity index (χ0) is 13.9. The summed E-state index contributed by atoms with van der Waals surface area (Å²) in [7, 11) is 0. The number of nitrogens with one attached hydrogen (secondary N) is 1. The highest BCUT2D eigenvalue weighted by atomic mass is 35.5. The Morgan fingerprint density at radius 3 is 2.74 bits per heavy atom. The number of carbonyl (C=O) groups is 1. The van der Waals surface area contributed by atoms with Crippen LogP contribution in [0.1, 0.15) is 36.0 Å². The van der Waals surface area contributed by atoms with Gasteiger partial charge in [0.2, 0.25) is 0 Å². The zero-order valence-electron chi connectivity index (χ0n) is 10.7. The molecule has 0 spiro atoms. The Morgan fingerprint density at radius 2 is 2.11 bits per heavy atom. The van der Waals surface area contributed by atoms with Crippen LogP contribution >= 0.6 is 24.2 Å². The summed E-state index contributed by atoms with van der Waals surface area (Å²) in [4.78, 5) is 12.8. The molecule has 3 nitrogen and oxygen atoms in total. The molecule has 0 atom stereocenters. The van der Waals surface area contributed by atoms with Gasteiger partial charge >= 0.3 is 0 Å². The summed E-state index contributed by atoms with van der Waals surface area (Å²) in [5, 5.41) is 12.8. The molecule has 0 aliphatic heterocycles. The number of thiol groups is 1. The molecule has 1 aromatic rings. The summed E-state index contributed by atoms with van der Waals surface area (Å²) in [6, 6.07) is 5.06. The van der Waals surface area contributed by atoms with Crippen LogP contribution in [0.4, 0.5) is 0 Å². The van der Waals surface area contributed by atoms with Crippen molar-refractivity contribution in [2.75, 3.05) is 13.2 Å². The highest BCUT2D eigenvalue weighted by Gasteiger charge is 2.33. The van der Waals surface area contributed by atoms with Gasteiger partial charge in [0.1, 0.15) is 0 Å². The Balaban J connectivity index is 2.03. The quantitative estimate of drug-likeness (QED) is 0.749. The van der Waals surface area contributed by atoms with Gasteiger partial charge < -0.3 is 10.4 Å². The molecule has 0 saturated heterocycles. The second kappa shape index (κ2) is 6.16. The van der Waals surface area contributed by atoms with Gasteiger partial charge in [-0.15, -0.1) is 12.6 Å². The van der Waals surface area contributed by atoms with Crippen molar-refractivity contribution in [2.45, 2.75) is 30.6 Å². The van der Waals surface area contributed by atoms with Crippen molar-refractivity contribution in [1.82, 2.24) is 5.32 Å². The average Bonchev–Trinajstić information content (AvgIpc) is 2.88. The molecule has 19 heavy (non-hydrogen) atoms. The van der Waals surface area contributed by atoms with Crippen LogP contribution in [0.2, 0.25) is 5.02 Å². The van der Waals surface area contributed by atoms with Gasteiger partial charge in [0.05, 0.1) is 17.2 Å². The highest BCUT2D eigenvalue weighted by molar-refractivity contribution is 7.80. The largest absolute Gasteiger partial charge is 0.396 e. The van der Waals surface area contributed by atoms with Crippen LogP contribution in [0, 0.1) is 5.41 Å². The standard InChI is InChI=1S/C14H18ClNO2S/c15-12-4-3-10(19)7-11(12)13(18)16-8-14(9-17)5-1-2-6-14/h3-4,7,17,19H,1-2,5-6,8-9H2,(H,16,18). The van der Waals surface area contributed by atoms with Crippen LogP contribution in [-0.2, 0) is 0 Å². The van der Waals surface area contributed by atoms with Crippen molar-refractivity contribution < 1.29 is 9.90 Å². The van der Waals surface area contributed by atoms with E-state index >= 15 is 0 Å². The van der Waals surface area contributed by atoms with Crippen molar-refractivity contribution in [3.05, 3.63) is 28.8 Å². The third-order valence-corrected chi connectivity index (χ3v) is 4.43. The van der Waals surface area contributed by atoms with Gasteiger partial charge in [-0.1, -0.05) is 24.4 Å². The number of halogens is 1. The monoisotopic (exact) mass is 299 g/mol. The second-order valence-corrected chi connectivity index (χ2v) is 6.14. The third-order valence-electron chi connectivity index (χ3n) is 3.82. The lowest BCUT2D eigenvalue weighted by Crippen LogP contribution is -2.38. The molecule has 2 rings (SSSR count). The number of aliphatic hydroxyl groups is 1. The maximum atomic E-state index is 12.1. The summed E-state index contributed by atoms with van der Waals surface area (Å²) in [5.41, 5.74) is 0.279. The molecule has 5 heteroatoms. The number of aliphatic hydroxyl groups excluding tert-OH is 1. The predicted octanol–water partition coefficient (Wildman–Crippen LogP) is 2.91. The van der Waals surface area contributed by atoms with E-state index in [1.165, 1.54) is 0 Å². The summed E-state index contributed by atoms with van der Waals surface area (Å²) in [6.45, 7) is 0.614. The van der Waals surface area contributed by atoms with Crippen LogP contribution in [0.3, 0.4) is 0 Å². The first-order chi connectivity index (χ1) is 9.06. The lowest BCUT2D eigenvalue weighted by atomic mass is 9.87. The van der Waals surface area contributed by atoms with Crippen LogP contribution in [-0.4, -0.2) is 24.2 Å². The van der Waals surface area contributed by atoms with Crippen molar-refractivity contribution >= 4 is 30.1 Å². The molecule has 1 saturated carbocycles. The molecule has 1 amide bonds. The molecule has 0 heterocycles. The summed E-state index contributed by atoms with van der Waals surface area (Å²) in [5.74, 6) is -0.208. The molecule has 0 unspecified atom stereocenters. The first-order valence-electron chi connectivity index (χ1n) is 6.44. The maximum Gasteiger partial charge on any atom is 0.252 e. The minimum atomic E-state index is -0.208. The van der Waals surface area contributed by atoms with Gasteiger partial charge in [0, 0.05) is 16.9 Å². The highest BCUT2D eigenvalue weighted by Crippen LogP contribution is 2.37. The number of amides is 1. The molecule has 0 radical (unpaired) electrons. The Kier molecular flexibility index (Phi) is 4.76. The normalized spacial score (nSPS) is 17.4. The van der Waals surface area contributed by atoms with E-state index in [1.807, 2.05) is 0 Å². The van der Waals surface area contributed by atoms with Crippen LogP contribution in [0.5, 0.6) is 0 Å². The lowest BCUT2D eigenvalue weighted by Gasteiger charge is -2.26. The van der Waals surface area contributed by atoms with Gasteiger partial charge in [0.25, 0.3) is 5.91 Å². The first-order valence-corrected chi connectivity index (χ1v) is 7.26. The summed E-state index contributed by atoms with van der Waals surface area (Å²) >= 11 is 10.2. The molecule has 0 bridgehead atoms. The maximum absolute atomic E-state index is 12.1. The van der Waals surface area contributed by atoms with Crippen molar-refractivity contribution in [2.24, 2.45) is 5.41 Å². The van der Waals surface area contributed by atoms with Crippen molar-refractivity contribution in [1.29, 1.82) is 0 Å². The Bertz CT molecular complexity index is 473. The molecule has 1 aromatic carbocycles. The third kappa shape index (κ3) is 3.44. The molecule has 2 N–H and O–H groups in total. The first kappa shape index (κ1) is 14.7. The van der Waals surface area contributed by atoms with E-state index in [4.69, 9.17) is 11.6 Å². The second-order valence-electron chi connectivity index (χ2n) is 5.21. The van der Waals surface area contributed by atoms with Crippen LogP contribution < -0.4 is 5.32 Å². The molecule has 104 valence electrons. The topological polar surface area (TPSA) is 49.3 Å². The molecular weight excluding hydrogens is 282 g/mol. The smallest absolute Gasteiger partial charge is 0.252 e. The SMILES string of the molecule is O=C(NCC1(CO)CCCC1)c1cc(S)ccc1Cl. The Morgan fingerprint density at radius 1 is 1.42 bits per heavy atom. The van der Waals surface area contributed by atoms with Gasteiger partial charge in [-0.25, -0.2) is 0 Å². The Labute approximate surface area is 123 Å². The lowest BCUT2D eigenvalue weighted by molar-refractivity contribution is 0.0880. The zero-order valence-corrected chi connectivity index (χ0v) is 12.3. The number of hydrogen-bond acceptors (Lipinski definition) is 3. The molecule has 0 aromatic heterocycles. The fourth-order valence-corrected chi connectivity index (χ4v) is 2.97. The van der Waals surface area contributed by atoms with E-state index in [2.05, 4.69) is 17.9 Å². The van der Waals surface area contributed by atoms with E-state index in [0.717, 1.165) is 25.7 Å². The van der Waals surface area contributed by atoms with Gasteiger partial charge in [-0.05, 0) is 31.0 Å². The number of carbonyl (C=O) groups excluding carboxylic acids is 1.